The summed E-state index contributed by atoms with van der Waals surface area (Å²) in [6.07, 6.45) is 0.737. The van der Waals surface area contributed by atoms with E-state index in [1.54, 1.807) is 18.2 Å². The van der Waals surface area contributed by atoms with Crippen LogP contribution in [-0.4, -0.2) is 17.3 Å². The number of cyclic esters (lactones) is 2. The maximum Gasteiger partial charge on any atom is 0.346 e. The van der Waals surface area contributed by atoms with Crippen LogP contribution in [-0.2, 0) is 4.74 Å². The number of carbonyl (C=O) groups is 2. The van der Waals surface area contributed by atoms with Gasteiger partial charge in [-0.1, -0.05) is 27.8 Å². The first kappa shape index (κ1) is 10.9. The van der Waals surface area contributed by atoms with Gasteiger partial charge in [0.2, 0.25) is 0 Å². The van der Waals surface area contributed by atoms with Crippen molar-refractivity contribution >= 4 is 27.9 Å². The molecule has 3 nitrogen and oxygen atoms in total. The van der Waals surface area contributed by atoms with Crippen LogP contribution in [0.25, 0.3) is 0 Å². The fraction of sp³-hybridized carbons (Fsp3) is 0.167. The predicted molar refractivity (Wildman–Crippen MR) is 61.5 cm³/mol. The zero-order chi connectivity index (χ0) is 11.5. The molecule has 0 aromatic heterocycles. The molecule has 0 unspecified atom stereocenters. The van der Waals surface area contributed by atoms with E-state index in [1.807, 2.05) is 0 Å². The fourth-order valence-electron chi connectivity index (χ4n) is 1.37. The van der Waals surface area contributed by atoms with Crippen LogP contribution in [0.4, 0.5) is 0 Å². The molecule has 0 radical (unpaired) electrons. The van der Waals surface area contributed by atoms with Gasteiger partial charge in [0.05, 0.1) is 11.1 Å². The van der Waals surface area contributed by atoms with Crippen molar-refractivity contribution in [2.24, 2.45) is 0 Å². The number of hydrogen-bond acceptors (Lipinski definition) is 3. The number of carbonyl (C=O) groups excluding carboxylic acids is 2. The first-order valence-corrected chi connectivity index (χ1v) is 5.80. The van der Waals surface area contributed by atoms with Crippen molar-refractivity contribution < 1.29 is 14.3 Å². The first-order valence-electron chi connectivity index (χ1n) is 4.68. The van der Waals surface area contributed by atoms with E-state index in [0.29, 0.717) is 16.7 Å². The Labute approximate surface area is 101 Å². The van der Waals surface area contributed by atoms with Gasteiger partial charge in [0.15, 0.2) is 0 Å². The van der Waals surface area contributed by atoms with Crippen LogP contribution < -0.4 is 0 Å². The lowest BCUT2D eigenvalue weighted by Gasteiger charge is -1.93. The van der Waals surface area contributed by atoms with Gasteiger partial charge in [-0.2, -0.15) is 0 Å². The lowest BCUT2D eigenvalue weighted by molar-refractivity contribution is 0.0444. The van der Waals surface area contributed by atoms with E-state index >= 15 is 0 Å². The highest BCUT2D eigenvalue weighted by Crippen LogP contribution is 2.20. The van der Waals surface area contributed by atoms with Crippen LogP contribution in [0.15, 0.2) is 18.2 Å². The van der Waals surface area contributed by atoms with Gasteiger partial charge in [0.1, 0.15) is 0 Å². The molecule has 0 atom stereocenters. The summed E-state index contributed by atoms with van der Waals surface area (Å²) >= 11 is 3.27. The molecule has 0 amide bonds. The molecule has 1 aromatic rings. The first-order chi connectivity index (χ1) is 7.72. The summed E-state index contributed by atoms with van der Waals surface area (Å²) in [5.41, 5.74) is 1.33. The van der Waals surface area contributed by atoms with Gasteiger partial charge in [0, 0.05) is 17.3 Å². The topological polar surface area (TPSA) is 43.4 Å². The summed E-state index contributed by atoms with van der Waals surface area (Å²) in [6, 6.07) is 4.87. The van der Waals surface area contributed by atoms with E-state index in [9.17, 15) is 9.59 Å². The van der Waals surface area contributed by atoms with Gasteiger partial charge in [-0.05, 0) is 18.2 Å². The molecule has 16 heavy (non-hydrogen) atoms. The van der Waals surface area contributed by atoms with E-state index in [4.69, 9.17) is 0 Å². The lowest BCUT2D eigenvalue weighted by Crippen LogP contribution is -1.96. The molecule has 0 bridgehead atoms. The normalized spacial score (nSPS) is 12.8. The third kappa shape index (κ3) is 2.00. The van der Waals surface area contributed by atoms with Crippen molar-refractivity contribution in [1.29, 1.82) is 0 Å². The molecule has 0 aliphatic carbocycles. The quantitative estimate of drug-likeness (QED) is 0.342. The minimum absolute atomic E-state index is 0.302. The Balaban J connectivity index is 2.34. The Morgan fingerprint density at radius 2 is 1.94 bits per heavy atom. The summed E-state index contributed by atoms with van der Waals surface area (Å²) in [7, 11) is 0. The minimum atomic E-state index is -0.593. The van der Waals surface area contributed by atoms with Gasteiger partial charge in [-0.25, -0.2) is 9.59 Å². The van der Waals surface area contributed by atoms with Crippen LogP contribution in [0.5, 0.6) is 0 Å². The zero-order valence-electron chi connectivity index (χ0n) is 8.25. The molecule has 1 aliphatic heterocycles. The highest BCUT2D eigenvalue weighted by atomic mass is 79.9. The molecule has 0 spiro atoms. The molecule has 1 heterocycles. The second kappa shape index (κ2) is 4.50. The predicted octanol–water partition coefficient (Wildman–Crippen LogP) is 2.13. The maximum absolute atomic E-state index is 11.3. The van der Waals surface area contributed by atoms with Crippen molar-refractivity contribution in [3.05, 3.63) is 34.9 Å². The zero-order valence-corrected chi connectivity index (χ0v) is 9.83. The molecule has 1 aliphatic rings. The van der Waals surface area contributed by atoms with Crippen LogP contribution >= 0.6 is 15.9 Å². The number of esters is 2. The molecule has 0 saturated carbocycles. The Bertz CT molecular complexity index is 523. The second-order valence-electron chi connectivity index (χ2n) is 3.18. The monoisotopic (exact) mass is 278 g/mol. The highest BCUT2D eigenvalue weighted by Gasteiger charge is 2.29. The Kier molecular flexibility index (Phi) is 3.07. The summed E-state index contributed by atoms with van der Waals surface area (Å²) in [5, 5.41) is 0.811. The van der Waals surface area contributed by atoms with Crippen molar-refractivity contribution in [1.82, 2.24) is 0 Å². The molecule has 0 N–H and O–H groups in total. The third-order valence-electron chi connectivity index (χ3n) is 2.10. The van der Waals surface area contributed by atoms with Crippen LogP contribution in [0.2, 0.25) is 0 Å². The van der Waals surface area contributed by atoms with Gasteiger partial charge < -0.3 is 4.74 Å². The standard InChI is InChI=1S/C12H7BrO3/c13-6-2-1-3-8-4-5-9-10(7-8)12(15)16-11(9)14/h4-5,7H,2,6H2. The SMILES string of the molecule is O=C1OC(=O)c2cc(C#CCCBr)ccc21. The highest BCUT2D eigenvalue weighted by molar-refractivity contribution is 9.09. The molecule has 2 rings (SSSR count). The van der Waals surface area contributed by atoms with Crippen molar-refractivity contribution in [2.45, 2.75) is 6.42 Å². The summed E-state index contributed by atoms with van der Waals surface area (Å²) in [4.78, 5) is 22.4. The average Bonchev–Trinajstić information content (AvgIpc) is 2.55. The van der Waals surface area contributed by atoms with E-state index in [0.717, 1.165) is 11.8 Å². The van der Waals surface area contributed by atoms with Gasteiger partial charge in [-0.15, -0.1) is 0 Å². The van der Waals surface area contributed by atoms with Gasteiger partial charge >= 0.3 is 11.9 Å². The third-order valence-corrected chi connectivity index (χ3v) is 2.49. The van der Waals surface area contributed by atoms with Crippen molar-refractivity contribution in [2.75, 3.05) is 5.33 Å². The maximum atomic E-state index is 11.3. The Morgan fingerprint density at radius 3 is 2.69 bits per heavy atom. The number of alkyl halides is 1. The van der Waals surface area contributed by atoms with E-state index in [-0.39, 0.29) is 0 Å². The molecule has 4 heteroatoms. The minimum Gasteiger partial charge on any atom is -0.386 e. The second-order valence-corrected chi connectivity index (χ2v) is 3.97. The van der Waals surface area contributed by atoms with Crippen LogP contribution in [0.3, 0.4) is 0 Å². The number of halogens is 1. The van der Waals surface area contributed by atoms with E-state index in [1.165, 1.54) is 0 Å². The summed E-state index contributed by atoms with van der Waals surface area (Å²) < 4.78 is 4.48. The van der Waals surface area contributed by atoms with Crippen LogP contribution in [0, 0.1) is 11.8 Å². The Morgan fingerprint density at radius 1 is 1.19 bits per heavy atom. The van der Waals surface area contributed by atoms with Crippen molar-refractivity contribution in [3.8, 4) is 11.8 Å². The van der Waals surface area contributed by atoms with E-state index in [2.05, 4.69) is 32.5 Å². The molecular formula is C12H7BrO3. The smallest absolute Gasteiger partial charge is 0.346 e. The molecular weight excluding hydrogens is 272 g/mol. The number of rotatable bonds is 1. The molecule has 1 aromatic carbocycles. The number of ether oxygens (including phenoxy) is 1. The van der Waals surface area contributed by atoms with Crippen molar-refractivity contribution in [3.63, 3.8) is 0 Å². The Hall–Kier alpha value is -1.60. The van der Waals surface area contributed by atoms with E-state index < -0.39 is 11.9 Å². The van der Waals surface area contributed by atoms with Gasteiger partial charge in [0.25, 0.3) is 0 Å². The number of hydrogen-bond donors (Lipinski definition) is 0. The number of benzene rings is 1. The average molecular weight is 279 g/mol. The largest absolute Gasteiger partial charge is 0.386 e. The fourth-order valence-corrected chi connectivity index (χ4v) is 1.57. The molecule has 80 valence electrons. The van der Waals surface area contributed by atoms with Crippen LogP contribution in [0.1, 0.15) is 32.7 Å². The molecule has 0 saturated heterocycles. The summed E-state index contributed by atoms with van der Waals surface area (Å²) in [5.74, 6) is 4.67. The molecule has 0 fully saturated rings. The lowest BCUT2D eigenvalue weighted by atomic mass is 10.1. The van der Waals surface area contributed by atoms with Gasteiger partial charge in [-0.3, -0.25) is 0 Å². The number of fused-ring (bicyclic) bond motifs is 1. The summed E-state index contributed by atoms with van der Waals surface area (Å²) in [6.45, 7) is 0.